The van der Waals surface area contributed by atoms with Crippen molar-refractivity contribution in [2.24, 2.45) is 0 Å². The minimum atomic E-state index is -1.33. The first kappa shape index (κ1) is 42.6. The van der Waals surface area contributed by atoms with Crippen LogP contribution < -0.4 is 0 Å². The quantitative estimate of drug-likeness (QED) is 0.0828. The predicted octanol–water partition coefficient (Wildman–Crippen LogP) is 5.85. The van der Waals surface area contributed by atoms with E-state index in [1.165, 1.54) is 20.8 Å². The molecule has 0 amide bonds. The van der Waals surface area contributed by atoms with Crippen LogP contribution in [-0.2, 0) is 88.2 Å². The smallest absolute Gasteiger partial charge is 0.305 e. The molecule has 0 saturated carbocycles. The molecule has 2 aliphatic rings. The summed E-state index contributed by atoms with van der Waals surface area (Å²) in [5.74, 6) is -1.87. The van der Waals surface area contributed by atoms with Crippen LogP contribution in [0.1, 0.15) is 43.0 Å². The van der Waals surface area contributed by atoms with Gasteiger partial charge >= 0.3 is 17.9 Å². The lowest BCUT2D eigenvalue weighted by Crippen LogP contribution is -2.63. The van der Waals surface area contributed by atoms with Crippen LogP contribution in [0.5, 0.6) is 0 Å². The van der Waals surface area contributed by atoms with Gasteiger partial charge in [-0.05, 0) is 22.3 Å². The molecule has 2 saturated heterocycles. The number of hydrogen-bond donors (Lipinski definition) is 0. The molecule has 0 spiro atoms. The second-order valence-corrected chi connectivity index (χ2v) is 14.0. The maximum absolute atomic E-state index is 12.8. The zero-order chi connectivity index (χ0) is 40.7. The van der Waals surface area contributed by atoms with E-state index in [0.29, 0.717) is 0 Å². The Kier molecular flexibility index (Phi) is 15.9. The maximum atomic E-state index is 12.8. The first-order chi connectivity index (χ1) is 28.2. The summed E-state index contributed by atoms with van der Waals surface area (Å²) < 4.78 is 62.5. The van der Waals surface area contributed by atoms with Gasteiger partial charge in [0.05, 0.1) is 39.6 Å². The van der Waals surface area contributed by atoms with Crippen LogP contribution in [0.25, 0.3) is 0 Å². The predicted molar refractivity (Wildman–Crippen MR) is 207 cm³/mol. The van der Waals surface area contributed by atoms with E-state index in [1.54, 1.807) is 0 Å². The molecule has 13 nitrogen and oxygen atoms in total. The summed E-state index contributed by atoms with van der Waals surface area (Å²) in [6.45, 7) is 4.44. The fraction of sp³-hybridized carbons (Fsp3) is 0.400. The third kappa shape index (κ3) is 12.5. The molecule has 0 aromatic heterocycles. The highest BCUT2D eigenvalue weighted by Crippen LogP contribution is 2.36. The summed E-state index contributed by atoms with van der Waals surface area (Å²) in [5, 5.41) is 0. The first-order valence-corrected chi connectivity index (χ1v) is 19.3. The third-order valence-corrected chi connectivity index (χ3v) is 9.39. The Labute approximate surface area is 338 Å². The molecule has 0 aliphatic carbocycles. The van der Waals surface area contributed by atoms with Gasteiger partial charge in [-0.3, -0.25) is 14.4 Å². The molecule has 4 aromatic rings. The second kappa shape index (κ2) is 21.7. The number of ether oxygens (including phenoxy) is 10. The van der Waals surface area contributed by atoms with Crippen molar-refractivity contribution in [1.29, 1.82) is 0 Å². The number of esters is 3. The molecule has 4 aromatic carbocycles. The van der Waals surface area contributed by atoms with Crippen molar-refractivity contribution in [2.75, 3.05) is 13.2 Å². The molecule has 0 N–H and O–H groups in total. The van der Waals surface area contributed by atoms with Crippen molar-refractivity contribution in [3.05, 3.63) is 144 Å². The van der Waals surface area contributed by atoms with Gasteiger partial charge in [0.1, 0.15) is 30.5 Å². The fourth-order valence-electron chi connectivity index (χ4n) is 6.81. The standard InChI is InChI=1S/C45H50O13/c1-30(46)53-39-37(28-49-24-33-16-8-4-9-17-33)56-44(42(52-27-36-22-14-7-15-23-36)41(39)51-26-35-20-12-6-13-21-35)58-40-38(29-50-25-34-18-10-5-11-19-34)57-45(55-32(3)48)43(40)54-31(2)47/h4-23,37-45H,24-29H2,1-3H3/t37-,38-,39-,40-,41+,42-,43-,44-,45+/m1/s1. The summed E-state index contributed by atoms with van der Waals surface area (Å²) in [6, 6.07) is 38.2. The van der Waals surface area contributed by atoms with E-state index in [9.17, 15) is 14.4 Å². The van der Waals surface area contributed by atoms with Gasteiger partial charge in [-0.1, -0.05) is 121 Å². The van der Waals surface area contributed by atoms with Gasteiger partial charge in [0.2, 0.25) is 6.29 Å². The van der Waals surface area contributed by atoms with Gasteiger partial charge in [-0.15, -0.1) is 0 Å². The Morgan fingerprint density at radius 1 is 0.431 bits per heavy atom. The highest BCUT2D eigenvalue weighted by atomic mass is 16.8. The SMILES string of the molecule is CC(=O)O[C@H]1O[C@H](COCc2ccccc2)[C@@H](O[C@H]2O[C@H](COCc3ccccc3)[C@@H](OC(C)=O)[C@H](OCc3ccccc3)[C@H]2OCc2ccccc2)[C@H]1OC(C)=O. The topological polar surface area (TPSA) is 144 Å². The Bertz CT molecular complexity index is 1850. The van der Waals surface area contributed by atoms with Crippen molar-refractivity contribution in [3.8, 4) is 0 Å². The lowest BCUT2D eigenvalue weighted by atomic mass is 9.97. The van der Waals surface area contributed by atoms with Gasteiger partial charge in [0.15, 0.2) is 18.5 Å². The molecule has 9 atom stereocenters. The third-order valence-electron chi connectivity index (χ3n) is 9.39. The number of rotatable bonds is 19. The lowest BCUT2D eigenvalue weighted by molar-refractivity contribution is -0.337. The molecule has 0 bridgehead atoms. The van der Waals surface area contributed by atoms with Gasteiger partial charge in [-0.25, -0.2) is 0 Å². The summed E-state index contributed by atoms with van der Waals surface area (Å²) in [7, 11) is 0. The van der Waals surface area contributed by atoms with E-state index < -0.39 is 73.2 Å². The van der Waals surface area contributed by atoms with E-state index in [-0.39, 0.29) is 39.6 Å². The fourth-order valence-corrected chi connectivity index (χ4v) is 6.81. The van der Waals surface area contributed by atoms with E-state index in [0.717, 1.165) is 22.3 Å². The Morgan fingerprint density at radius 3 is 1.26 bits per heavy atom. The Morgan fingerprint density at radius 2 is 0.810 bits per heavy atom. The van der Waals surface area contributed by atoms with E-state index in [4.69, 9.17) is 47.4 Å². The summed E-state index contributed by atoms with van der Waals surface area (Å²) in [6.07, 6.45) is -9.80. The number of carbonyl (C=O) groups is 3. The number of hydrogen-bond acceptors (Lipinski definition) is 13. The maximum Gasteiger partial charge on any atom is 0.305 e. The molecular formula is C45H50O13. The molecule has 2 aliphatic heterocycles. The van der Waals surface area contributed by atoms with Crippen LogP contribution in [0.3, 0.4) is 0 Å². The van der Waals surface area contributed by atoms with E-state index in [2.05, 4.69) is 0 Å². The summed E-state index contributed by atoms with van der Waals surface area (Å²) in [4.78, 5) is 37.6. The van der Waals surface area contributed by atoms with Crippen molar-refractivity contribution in [1.82, 2.24) is 0 Å². The molecule has 308 valence electrons. The van der Waals surface area contributed by atoms with Gasteiger partial charge in [-0.2, -0.15) is 0 Å². The molecule has 58 heavy (non-hydrogen) atoms. The molecular weight excluding hydrogens is 748 g/mol. The van der Waals surface area contributed by atoms with Crippen LogP contribution in [-0.4, -0.2) is 86.4 Å². The molecule has 2 heterocycles. The van der Waals surface area contributed by atoms with Crippen LogP contribution in [0.4, 0.5) is 0 Å². The molecule has 0 unspecified atom stereocenters. The number of benzene rings is 4. The highest BCUT2D eigenvalue weighted by Gasteiger charge is 2.55. The van der Waals surface area contributed by atoms with Crippen LogP contribution >= 0.6 is 0 Å². The molecule has 0 radical (unpaired) electrons. The Hall–Kier alpha value is -4.99. The van der Waals surface area contributed by atoms with Gasteiger partial charge in [0.25, 0.3) is 0 Å². The van der Waals surface area contributed by atoms with Crippen molar-refractivity contribution in [3.63, 3.8) is 0 Å². The van der Waals surface area contributed by atoms with Crippen molar-refractivity contribution in [2.45, 2.75) is 103 Å². The monoisotopic (exact) mass is 798 g/mol. The lowest BCUT2D eigenvalue weighted by Gasteiger charge is -2.46. The van der Waals surface area contributed by atoms with Crippen molar-refractivity contribution < 1.29 is 61.8 Å². The summed E-state index contributed by atoms with van der Waals surface area (Å²) in [5.41, 5.74) is 3.57. The molecule has 2 fully saturated rings. The second-order valence-electron chi connectivity index (χ2n) is 14.0. The molecule has 6 rings (SSSR count). The van der Waals surface area contributed by atoms with Gasteiger partial charge in [0, 0.05) is 20.8 Å². The first-order valence-electron chi connectivity index (χ1n) is 19.3. The molecule has 13 heteroatoms. The largest absolute Gasteiger partial charge is 0.457 e. The van der Waals surface area contributed by atoms with Crippen LogP contribution in [0, 0.1) is 0 Å². The minimum Gasteiger partial charge on any atom is -0.457 e. The minimum absolute atomic E-state index is 0.0302. The average Bonchev–Trinajstić information content (AvgIpc) is 3.51. The number of carbonyl (C=O) groups excluding carboxylic acids is 3. The van der Waals surface area contributed by atoms with E-state index >= 15 is 0 Å². The zero-order valence-corrected chi connectivity index (χ0v) is 32.8. The summed E-state index contributed by atoms with van der Waals surface area (Å²) >= 11 is 0. The van der Waals surface area contributed by atoms with Crippen LogP contribution in [0.15, 0.2) is 121 Å². The van der Waals surface area contributed by atoms with Gasteiger partial charge < -0.3 is 47.4 Å². The Balaban J connectivity index is 1.35. The highest BCUT2D eigenvalue weighted by molar-refractivity contribution is 5.67. The zero-order valence-electron chi connectivity index (χ0n) is 32.8. The average molecular weight is 799 g/mol. The van der Waals surface area contributed by atoms with Crippen molar-refractivity contribution >= 4 is 17.9 Å². The van der Waals surface area contributed by atoms with Crippen LogP contribution in [0.2, 0.25) is 0 Å². The normalized spacial score (nSPS) is 25.5. The van der Waals surface area contributed by atoms with E-state index in [1.807, 2.05) is 121 Å².